The molecule has 0 aliphatic carbocycles. The van der Waals surface area contributed by atoms with E-state index >= 15 is 0 Å². The summed E-state index contributed by atoms with van der Waals surface area (Å²) in [6.45, 7) is 3.86. The molecule has 3 aromatic carbocycles. The summed E-state index contributed by atoms with van der Waals surface area (Å²) in [6, 6.07) is 22.1. The number of rotatable bonds is 7. The average Bonchev–Trinajstić information content (AvgIpc) is 2.79. The molecule has 0 saturated heterocycles. The Kier molecular flexibility index (Phi) is 7.22. The largest absolute Gasteiger partial charge is 0.496 e. The molecule has 0 fully saturated rings. The number of carbonyl (C=O) groups is 2. The van der Waals surface area contributed by atoms with Crippen LogP contribution in [0.2, 0.25) is 0 Å². The van der Waals surface area contributed by atoms with Gasteiger partial charge in [0.15, 0.2) is 0 Å². The minimum Gasteiger partial charge on any atom is -0.496 e. The summed E-state index contributed by atoms with van der Waals surface area (Å²) < 4.78 is 10.8. The minimum atomic E-state index is -1.09. The van der Waals surface area contributed by atoms with Crippen LogP contribution in [0.5, 0.6) is 5.75 Å². The lowest BCUT2D eigenvalue weighted by molar-refractivity contribution is -0.149. The lowest BCUT2D eigenvalue weighted by atomic mass is 10.1. The Morgan fingerprint density at radius 2 is 1.65 bits per heavy atom. The number of amides is 1. The van der Waals surface area contributed by atoms with Gasteiger partial charge >= 0.3 is 5.97 Å². The molecule has 1 amide bonds. The highest BCUT2D eigenvalue weighted by Crippen LogP contribution is 2.24. The number of benzene rings is 3. The first-order valence-electron chi connectivity index (χ1n) is 9.92. The fourth-order valence-electron chi connectivity index (χ4n) is 3.09. The highest BCUT2D eigenvalue weighted by atomic mass is 16.5. The van der Waals surface area contributed by atoms with Gasteiger partial charge in [-0.2, -0.15) is 0 Å². The van der Waals surface area contributed by atoms with E-state index in [1.54, 1.807) is 43.5 Å². The van der Waals surface area contributed by atoms with Gasteiger partial charge in [-0.05, 0) is 43.2 Å². The van der Waals surface area contributed by atoms with E-state index in [-0.39, 0.29) is 0 Å². The smallest absolute Gasteiger partial charge is 0.331 e. The Labute approximate surface area is 182 Å². The molecule has 5 heteroatoms. The van der Waals surface area contributed by atoms with Crippen molar-refractivity contribution in [3.63, 3.8) is 0 Å². The van der Waals surface area contributed by atoms with Crippen molar-refractivity contribution in [2.75, 3.05) is 12.4 Å². The zero-order chi connectivity index (χ0) is 22.2. The molecule has 3 rings (SSSR count). The second-order valence-corrected chi connectivity index (χ2v) is 7.11. The fourth-order valence-corrected chi connectivity index (χ4v) is 3.09. The van der Waals surface area contributed by atoms with Crippen molar-refractivity contribution in [1.29, 1.82) is 0 Å². The molecule has 0 aliphatic heterocycles. The van der Waals surface area contributed by atoms with Crippen LogP contribution in [0.4, 0.5) is 5.69 Å². The van der Waals surface area contributed by atoms with Gasteiger partial charge < -0.3 is 14.8 Å². The van der Waals surface area contributed by atoms with E-state index in [9.17, 15) is 9.59 Å². The van der Waals surface area contributed by atoms with E-state index in [2.05, 4.69) is 5.32 Å². The first kappa shape index (κ1) is 21.8. The predicted molar refractivity (Wildman–Crippen MR) is 122 cm³/mol. The number of hydrogen-bond donors (Lipinski definition) is 1. The molecule has 0 aromatic heterocycles. The van der Waals surface area contributed by atoms with Gasteiger partial charge in [-0.15, -0.1) is 0 Å². The number of methoxy groups -OCH3 is 1. The Morgan fingerprint density at radius 3 is 2.39 bits per heavy atom. The quantitative estimate of drug-likeness (QED) is 0.423. The first-order chi connectivity index (χ1) is 15.0. The molecule has 0 heterocycles. The summed E-state index contributed by atoms with van der Waals surface area (Å²) in [4.78, 5) is 25.6. The summed E-state index contributed by atoms with van der Waals surface area (Å²) in [5, 5.41) is 2.89. The van der Waals surface area contributed by atoms with E-state index in [0.29, 0.717) is 17.0 Å². The summed E-state index contributed by atoms with van der Waals surface area (Å²) in [5.74, 6) is -0.409. The van der Waals surface area contributed by atoms with Crippen LogP contribution in [0, 0.1) is 13.8 Å². The topological polar surface area (TPSA) is 64.6 Å². The number of anilines is 1. The van der Waals surface area contributed by atoms with Crippen molar-refractivity contribution in [2.45, 2.75) is 20.0 Å². The summed E-state index contributed by atoms with van der Waals surface area (Å²) >= 11 is 0. The van der Waals surface area contributed by atoms with Crippen molar-refractivity contribution in [3.05, 3.63) is 101 Å². The lowest BCUT2D eigenvalue weighted by Crippen LogP contribution is -2.25. The third-order valence-corrected chi connectivity index (χ3v) is 4.76. The Balaban J connectivity index is 1.81. The molecule has 1 N–H and O–H groups in total. The van der Waals surface area contributed by atoms with Crippen LogP contribution in [-0.2, 0) is 14.3 Å². The summed E-state index contributed by atoms with van der Waals surface area (Å²) in [6.07, 6.45) is 1.81. The van der Waals surface area contributed by atoms with E-state index in [1.807, 2.05) is 56.3 Å². The Bertz CT molecular complexity index is 1090. The van der Waals surface area contributed by atoms with Crippen molar-refractivity contribution >= 4 is 23.6 Å². The molecule has 158 valence electrons. The fraction of sp³-hybridized carbons (Fsp3) is 0.154. The second-order valence-electron chi connectivity index (χ2n) is 7.11. The van der Waals surface area contributed by atoms with E-state index in [4.69, 9.17) is 9.47 Å². The molecule has 0 radical (unpaired) electrons. The molecule has 0 unspecified atom stereocenters. The predicted octanol–water partition coefficient (Wildman–Crippen LogP) is 5.25. The van der Waals surface area contributed by atoms with Gasteiger partial charge in [0.25, 0.3) is 5.91 Å². The monoisotopic (exact) mass is 415 g/mol. The summed E-state index contributed by atoms with van der Waals surface area (Å²) in [7, 11) is 1.56. The lowest BCUT2D eigenvalue weighted by Gasteiger charge is -2.18. The van der Waals surface area contributed by atoms with Crippen molar-refractivity contribution in [1.82, 2.24) is 0 Å². The molecule has 0 spiro atoms. The molecule has 1 atom stereocenters. The third kappa shape index (κ3) is 5.82. The standard InChI is InChI=1S/C26H25NO4/c1-18-13-14-19(2)22(17-18)27-26(29)25(21-10-5-4-6-11-21)31-24(28)16-15-20-9-7-8-12-23(20)30-3/h4-17,25H,1-3H3,(H,27,29)/b16-15+/t25-/m0/s1. The molecule has 31 heavy (non-hydrogen) atoms. The number of nitrogens with one attached hydrogen (secondary N) is 1. The van der Waals surface area contributed by atoms with Gasteiger partial charge in [0.2, 0.25) is 6.10 Å². The SMILES string of the molecule is COc1ccccc1/C=C/C(=O)O[C@H](C(=O)Nc1cc(C)ccc1C)c1ccccc1. The third-order valence-electron chi connectivity index (χ3n) is 4.76. The van der Waals surface area contributed by atoms with Crippen LogP contribution in [0.3, 0.4) is 0 Å². The van der Waals surface area contributed by atoms with Gasteiger partial charge in [-0.1, -0.05) is 60.7 Å². The molecule has 3 aromatic rings. The highest BCUT2D eigenvalue weighted by molar-refractivity contribution is 5.98. The van der Waals surface area contributed by atoms with Crippen molar-refractivity contribution < 1.29 is 19.1 Å². The van der Waals surface area contributed by atoms with E-state index < -0.39 is 18.0 Å². The van der Waals surface area contributed by atoms with Gasteiger partial charge in [0.05, 0.1) is 7.11 Å². The van der Waals surface area contributed by atoms with E-state index in [1.165, 1.54) is 6.08 Å². The van der Waals surface area contributed by atoms with Gasteiger partial charge in [-0.3, -0.25) is 4.79 Å². The molecular formula is C26H25NO4. The van der Waals surface area contributed by atoms with Crippen LogP contribution >= 0.6 is 0 Å². The number of aryl methyl sites for hydroxylation is 2. The number of para-hydroxylation sites is 1. The average molecular weight is 415 g/mol. The highest BCUT2D eigenvalue weighted by Gasteiger charge is 2.24. The second kappa shape index (κ2) is 10.3. The number of hydrogen-bond acceptors (Lipinski definition) is 4. The van der Waals surface area contributed by atoms with Gasteiger partial charge in [0, 0.05) is 22.9 Å². The van der Waals surface area contributed by atoms with Gasteiger partial charge in [0.1, 0.15) is 5.75 Å². The molecule has 5 nitrogen and oxygen atoms in total. The van der Waals surface area contributed by atoms with Crippen molar-refractivity contribution in [2.24, 2.45) is 0 Å². The van der Waals surface area contributed by atoms with Crippen LogP contribution in [0.1, 0.15) is 28.4 Å². The Hall–Kier alpha value is -3.86. The van der Waals surface area contributed by atoms with Crippen LogP contribution in [0.25, 0.3) is 6.08 Å². The van der Waals surface area contributed by atoms with Crippen LogP contribution in [0.15, 0.2) is 78.9 Å². The van der Waals surface area contributed by atoms with Crippen LogP contribution in [-0.4, -0.2) is 19.0 Å². The van der Waals surface area contributed by atoms with E-state index in [0.717, 1.165) is 16.7 Å². The number of esters is 1. The first-order valence-corrected chi connectivity index (χ1v) is 9.92. The molecule has 0 bridgehead atoms. The zero-order valence-corrected chi connectivity index (χ0v) is 17.8. The maximum atomic E-state index is 13.1. The molecule has 0 aliphatic rings. The maximum Gasteiger partial charge on any atom is 0.331 e. The maximum absolute atomic E-state index is 13.1. The molecular weight excluding hydrogens is 390 g/mol. The Morgan fingerprint density at radius 1 is 0.935 bits per heavy atom. The summed E-state index contributed by atoms with van der Waals surface area (Å²) in [5.41, 5.74) is 3.95. The van der Waals surface area contributed by atoms with Crippen molar-refractivity contribution in [3.8, 4) is 5.75 Å². The van der Waals surface area contributed by atoms with Crippen LogP contribution < -0.4 is 10.1 Å². The molecule has 0 saturated carbocycles. The minimum absolute atomic E-state index is 0.418. The number of carbonyl (C=O) groups excluding carboxylic acids is 2. The van der Waals surface area contributed by atoms with Gasteiger partial charge in [-0.25, -0.2) is 4.79 Å². The zero-order valence-electron chi connectivity index (χ0n) is 17.8. The normalized spacial score (nSPS) is 11.7. The number of ether oxygens (including phenoxy) is 2.